The Balaban J connectivity index is 1.38. The standard InChI is InChI=1S/C19H29N3O2/c1-14-3-4-17(11-15(14)2)21-19(23)20-12-16-5-8-22(9-6-16)18-7-10-24-13-18/h3-4,11,16,18H,5-10,12-13H2,1-2H3,(H2,20,21,23)/t18-/m1/s1. The predicted octanol–water partition coefficient (Wildman–Crippen LogP) is 2.93. The number of amides is 2. The van der Waals surface area contributed by atoms with E-state index >= 15 is 0 Å². The predicted molar refractivity (Wildman–Crippen MR) is 96.5 cm³/mol. The molecule has 1 aromatic carbocycles. The molecule has 5 nitrogen and oxygen atoms in total. The highest BCUT2D eigenvalue weighted by atomic mass is 16.5. The highest BCUT2D eigenvalue weighted by Crippen LogP contribution is 2.22. The van der Waals surface area contributed by atoms with Gasteiger partial charge in [0, 0.05) is 24.9 Å². The number of aryl methyl sites for hydroxylation is 2. The van der Waals surface area contributed by atoms with Crippen LogP contribution in [0.4, 0.5) is 10.5 Å². The Kier molecular flexibility index (Phi) is 5.74. The van der Waals surface area contributed by atoms with E-state index in [1.165, 1.54) is 17.5 Å². The van der Waals surface area contributed by atoms with Gasteiger partial charge >= 0.3 is 6.03 Å². The fraction of sp³-hybridized carbons (Fsp3) is 0.632. The van der Waals surface area contributed by atoms with Crippen molar-refractivity contribution in [2.75, 3.05) is 38.2 Å². The number of hydrogen-bond donors (Lipinski definition) is 2. The molecular weight excluding hydrogens is 302 g/mol. The van der Waals surface area contributed by atoms with E-state index in [-0.39, 0.29) is 6.03 Å². The summed E-state index contributed by atoms with van der Waals surface area (Å²) >= 11 is 0. The van der Waals surface area contributed by atoms with Crippen LogP contribution >= 0.6 is 0 Å². The van der Waals surface area contributed by atoms with Crippen LogP contribution in [0.25, 0.3) is 0 Å². The Morgan fingerprint density at radius 2 is 2.00 bits per heavy atom. The van der Waals surface area contributed by atoms with Crippen molar-refractivity contribution in [2.24, 2.45) is 5.92 Å². The van der Waals surface area contributed by atoms with Gasteiger partial charge in [0.2, 0.25) is 0 Å². The van der Waals surface area contributed by atoms with Crippen LogP contribution in [0.15, 0.2) is 18.2 Å². The molecule has 0 spiro atoms. The van der Waals surface area contributed by atoms with Crippen LogP contribution in [0.3, 0.4) is 0 Å². The monoisotopic (exact) mass is 331 g/mol. The van der Waals surface area contributed by atoms with Crippen LogP contribution in [0.2, 0.25) is 0 Å². The quantitative estimate of drug-likeness (QED) is 0.892. The average Bonchev–Trinajstić information content (AvgIpc) is 3.11. The van der Waals surface area contributed by atoms with Gasteiger partial charge < -0.3 is 15.4 Å². The molecular formula is C19H29N3O2. The normalized spacial score (nSPS) is 22.5. The molecule has 3 rings (SSSR count). The van der Waals surface area contributed by atoms with Gasteiger partial charge in [-0.3, -0.25) is 4.90 Å². The molecule has 2 aliphatic heterocycles. The molecule has 0 bridgehead atoms. The molecule has 2 fully saturated rings. The molecule has 2 aliphatic rings. The van der Waals surface area contributed by atoms with E-state index in [2.05, 4.69) is 29.4 Å². The Hall–Kier alpha value is -1.59. The third kappa shape index (κ3) is 4.48. The van der Waals surface area contributed by atoms with Crippen molar-refractivity contribution in [3.8, 4) is 0 Å². The lowest BCUT2D eigenvalue weighted by Gasteiger charge is -2.35. The lowest BCUT2D eigenvalue weighted by Crippen LogP contribution is -2.44. The molecule has 2 heterocycles. The van der Waals surface area contributed by atoms with Crippen LogP contribution in [-0.4, -0.2) is 49.8 Å². The first-order valence-electron chi connectivity index (χ1n) is 9.05. The van der Waals surface area contributed by atoms with Gasteiger partial charge in [0.05, 0.1) is 6.61 Å². The van der Waals surface area contributed by atoms with Crippen LogP contribution < -0.4 is 10.6 Å². The highest BCUT2D eigenvalue weighted by molar-refractivity contribution is 5.89. The van der Waals surface area contributed by atoms with E-state index in [1.807, 2.05) is 18.2 Å². The molecule has 0 aromatic heterocycles. The van der Waals surface area contributed by atoms with Gasteiger partial charge in [-0.15, -0.1) is 0 Å². The molecule has 2 N–H and O–H groups in total. The molecule has 0 unspecified atom stereocenters. The Morgan fingerprint density at radius 3 is 2.67 bits per heavy atom. The summed E-state index contributed by atoms with van der Waals surface area (Å²) in [5.41, 5.74) is 3.28. The summed E-state index contributed by atoms with van der Waals surface area (Å²) < 4.78 is 5.48. The van der Waals surface area contributed by atoms with Crippen LogP contribution in [0.1, 0.15) is 30.4 Å². The van der Waals surface area contributed by atoms with Crippen molar-refractivity contribution >= 4 is 11.7 Å². The maximum absolute atomic E-state index is 12.1. The van der Waals surface area contributed by atoms with E-state index < -0.39 is 0 Å². The van der Waals surface area contributed by atoms with Crippen LogP contribution in [0, 0.1) is 19.8 Å². The first kappa shape index (κ1) is 17.2. The van der Waals surface area contributed by atoms with E-state index in [0.717, 1.165) is 51.4 Å². The second-order valence-corrected chi connectivity index (χ2v) is 7.13. The van der Waals surface area contributed by atoms with E-state index in [4.69, 9.17) is 4.74 Å². The molecule has 2 amide bonds. The van der Waals surface area contributed by atoms with E-state index in [9.17, 15) is 4.79 Å². The van der Waals surface area contributed by atoms with E-state index in [1.54, 1.807) is 0 Å². The third-order valence-electron chi connectivity index (χ3n) is 5.39. The van der Waals surface area contributed by atoms with Gasteiger partial charge in [0.15, 0.2) is 0 Å². The third-order valence-corrected chi connectivity index (χ3v) is 5.39. The molecule has 0 radical (unpaired) electrons. The number of carbonyl (C=O) groups excluding carboxylic acids is 1. The smallest absolute Gasteiger partial charge is 0.319 e. The second kappa shape index (κ2) is 7.99. The number of likely N-dealkylation sites (tertiary alicyclic amines) is 1. The van der Waals surface area contributed by atoms with Gasteiger partial charge in [-0.05, 0) is 75.4 Å². The molecule has 132 valence electrons. The molecule has 0 saturated carbocycles. The lowest BCUT2D eigenvalue weighted by atomic mass is 9.95. The number of rotatable bonds is 4. The maximum atomic E-state index is 12.1. The fourth-order valence-electron chi connectivity index (χ4n) is 3.56. The summed E-state index contributed by atoms with van der Waals surface area (Å²) in [6, 6.07) is 6.51. The number of anilines is 1. The lowest BCUT2D eigenvalue weighted by molar-refractivity contribution is 0.110. The highest BCUT2D eigenvalue weighted by Gasteiger charge is 2.27. The van der Waals surface area contributed by atoms with Crippen molar-refractivity contribution in [1.82, 2.24) is 10.2 Å². The van der Waals surface area contributed by atoms with Gasteiger partial charge in [-0.2, -0.15) is 0 Å². The van der Waals surface area contributed by atoms with Crippen LogP contribution in [-0.2, 0) is 4.74 Å². The molecule has 24 heavy (non-hydrogen) atoms. The number of nitrogens with zero attached hydrogens (tertiary/aromatic N) is 1. The van der Waals surface area contributed by atoms with Gasteiger partial charge in [0.1, 0.15) is 0 Å². The summed E-state index contributed by atoms with van der Waals surface area (Å²) in [5.74, 6) is 0.578. The summed E-state index contributed by atoms with van der Waals surface area (Å²) in [7, 11) is 0. The molecule has 2 saturated heterocycles. The summed E-state index contributed by atoms with van der Waals surface area (Å²) in [6.45, 7) is 8.93. The molecule has 1 aromatic rings. The first-order valence-corrected chi connectivity index (χ1v) is 9.05. The molecule has 1 atom stereocenters. The summed E-state index contributed by atoms with van der Waals surface area (Å²) in [5, 5.41) is 5.95. The van der Waals surface area contributed by atoms with Crippen molar-refractivity contribution in [1.29, 1.82) is 0 Å². The summed E-state index contributed by atoms with van der Waals surface area (Å²) in [4.78, 5) is 14.6. The number of benzene rings is 1. The number of carbonyl (C=O) groups is 1. The molecule has 5 heteroatoms. The topological polar surface area (TPSA) is 53.6 Å². The minimum absolute atomic E-state index is 0.107. The number of urea groups is 1. The zero-order valence-corrected chi connectivity index (χ0v) is 14.8. The minimum atomic E-state index is -0.107. The van der Waals surface area contributed by atoms with Crippen LogP contribution in [0.5, 0.6) is 0 Å². The molecule has 0 aliphatic carbocycles. The van der Waals surface area contributed by atoms with Gasteiger partial charge in [-0.25, -0.2) is 4.79 Å². The van der Waals surface area contributed by atoms with Crippen molar-refractivity contribution < 1.29 is 9.53 Å². The Bertz CT molecular complexity index is 562. The average molecular weight is 331 g/mol. The zero-order valence-electron chi connectivity index (χ0n) is 14.8. The summed E-state index contributed by atoms with van der Waals surface area (Å²) in [6.07, 6.45) is 3.47. The van der Waals surface area contributed by atoms with Gasteiger partial charge in [0.25, 0.3) is 0 Å². The van der Waals surface area contributed by atoms with Crippen molar-refractivity contribution in [3.63, 3.8) is 0 Å². The first-order chi connectivity index (χ1) is 11.6. The number of piperidine rings is 1. The van der Waals surface area contributed by atoms with Gasteiger partial charge in [-0.1, -0.05) is 6.07 Å². The maximum Gasteiger partial charge on any atom is 0.319 e. The van der Waals surface area contributed by atoms with E-state index in [0.29, 0.717) is 12.0 Å². The van der Waals surface area contributed by atoms with Crippen molar-refractivity contribution in [3.05, 3.63) is 29.3 Å². The SMILES string of the molecule is Cc1ccc(NC(=O)NCC2CCN([C@@H]3CCOC3)CC2)cc1C. The Morgan fingerprint density at radius 1 is 1.21 bits per heavy atom. The number of ether oxygens (including phenoxy) is 1. The largest absolute Gasteiger partial charge is 0.380 e. The second-order valence-electron chi connectivity index (χ2n) is 7.13. The number of nitrogens with one attached hydrogen (secondary N) is 2. The van der Waals surface area contributed by atoms with Crippen molar-refractivity contribution in [2.45, 2.75) is 39.2 Å². The minimum Gasteiger partial charge on any atom is -0.380 e. The number of hydrogen-bond acceptors (Lipinski definition) is 3. The zero-order chi connectivity index (χ0) is 16.9. The Labute approximate surface area is 144 Å². The fourth-order valence-corrected chi connectivity index (χ4v) is 3.56.